The molecule has 1 saturated heterocycles. The van der Waals surface area contributed by atoms with Crippen molar-refractivity contribution in [3.63, 3.8) is 0 Å². The number of piperidine rings is 1. The number of aromatic nitrogens is 4. The van der Waals surface area contributed by atoms with Crippen LogP contribution in [0, 0.1) is 0 Å². The van der Waals surface area contributed by atoms with Gasteiger partial charge in [0.1, 0.15) is 6.04 Å². The van der Waals surface area contributed by atoms with E-state index in [2.05, 4.69) is 20.1 Å². The van der Waals surface area contributed by atoms with Crippen LogP contribution in [0.2, 0.25) is 0 Å². The van der Waals surface area contributed by atoms with Gasteiger partial charge >= 0.3 is 0 Å². The first-order valence-electron chi connectivity index (χ1n) is 6.57. The Morgan fingerprint density at radius 2 is 2.11 bits per heavy atom. The molecule has 0 radical (unpaired) electrons. The average molecular weight is 262 g/mol. The molecule has 19 heavy (non-hydrogen) atoms. The molecular weight excluding hydrogens is 244 g/mol. The smallest absolute Gasteiger partial charge is 0.266 e. The molecule has 1 atom stereocenters. The summed E-state index contributed by atoms with van der Waals surface area (Å²) in [4.78, 5) is 6.55. The first-order valence-corrected chi connectivity index (χ1v) is 6.57. The molecule has 1 fully saturated rings. The lowest BCUT2D eigenvalue weighted by Crippen LogP contribution is -2.30. The molecule has 1 aliphatic heterocycles. The predicted molar refractivity (Wildman–Crippen MR) is 69.6 cm³/mol. The molecule has 0 spiro atoms. The zero-order chi connectivity index (χ0) is 13.2. The van der Waals surface area contributed by atoms with E-state index in [0.29, 0.717) is 11.8 Å². The van der Waals surface area contributed by atoms with E-state index in [1.54, 1.807) is 10.9 Å². The summed E-state index contributed by atoms with van der Waals surface area (Å²) in [5, 5.41) is 8.12. The van der Waals surface area contributed by atoms with Crippen LogP contribution in [0.4, 0.5) is 5.95 Å². The Kier molecular flexibility index (Phi) is 3.20. The second-order valence-corrected chi connectivity index (χ2v) is 4.91. The highest BCUT2D eigenvalue weighted by Crippen LogP contribution is 2.21. The summed E-state index contributed by atoms with van der Waals surface area (Å²) in [7, 11) is 1.85. The third-order valence-electron chi connectivity index (χ3n) is 3.42. The van der Waals surface area contributed by atoms with E-state index < -0.39 is 6.04 Å². The van der Waals surface area contributed by atoms with Crippen LogP contribution >= 0.6 is 0 Å². The Balaban J connectivity index is 1.76. The maximum Gasteiger partial charge on any atom is 0.266 e. The fraction of sp³-hybridized carbons (Fsp3) is 0.583. The van der Waals surface area contributed by atoms with Crippen LogP contribution in [-0.2, 0) is 7.05 Å². The standard InChI is InChI=1S/C12H18N6O/c1-17-8-9(7-14-17)10(13)11-15-12(16-19-11)18-5-3-2-4-6-18/h7-8,10H,2-6,13H2,1H3. The van der Waals surface area contributed by atoms with Crippen molar-refractivity contribution in [2.24, 2.45) is 12.8 Å². The maximum atomic E-state index is 6.10. The van der Waals surface area contributed by atoms with Gasteiger partial charge in [0, 0.05) is 31.9 Å². The first kappa shape index (κ1) is 12.2. The summed E-state index contributed by atoms with van der Waals surface area (Å²) < 4.78 is 6.98. The van der Waals surface area contributed by atoms with Gasteiger partial charge in [-0.05, 0) is 24.4 Å². The number of hydrogen-bond acceptors (Lipinski definition) is 6. The fourth-order valence-corrected chi connectivity index (χ4v) is 2.32. The van der Waals surface area contributed by atoms with Crippen LogP contribution in [-0.4, -0.2) is 33.0 Å². The number of hydrogen-bond donors (Lipinski definition) is 1. The van der Waals surface area contributed by atoms with Crippen molar-refractivity contribution in [2.45, 2.75) is 25.3 Å². The van der Waals surface area contributed by atoms with Gasteiger partial charge in [-0.25, -0.2) is 0 Å². The molecule has 0 bridgehead atoms. The number of nitrogens with zero attached hydrogens (tertiary/aromatic N) is 5. The molecule has 0 aromatic carbocycles. The van der Waals surface area contributed by atoms with E-state index in [4.69, 9.17) is 10.3 Å². The molecule has 0 aliphatic carbocycles. The molecule has 2 aromatic heterocycles. The molecule has 2 aromatic rings. The van der Waals surface area contributed by atoms with E-state index in [-0.39, 0.29) is 0 Å². The Hall–Kier alpha value is -1.89. The van der Waals surface area contributed by atoms with Gasteiger partial charge in [0.25, 0.3) is 5.95 Å². The van der Waals surface area contributed by atoms with E-state index in [1.807, 2.05) is 13.2 Å². The lowest BCUT2D eigenvalue weighted by molar-refractivity contribution is 0.365. The molecule has 2 N–H and O–H groups in total. The molecule has 0 amide bonds. The molecule has 7 heteroatoms. The molecular formula is C12H18N6O. The van der Waals surface area contributed by atoms with Crippen LogP contribution < -0.4 is 10.6 Å². The largest absolute Gasteiger partial charge is 0.338 e. The van der Waals surface area contributed by atoms with E-state index >= 15 is 0 Å². The Morgan fingerprint density at radius 1 is 1.32 bits per heavy atom. The molecule has 3 heterocycles. The van der Waals surface area contributed by atoms with Crippen molar-refractivity contribution < 1.29 is 4.52 Å². The highest BCUT2D eigenvalue weighted by molar-refractivity contribution is 5.30. The van der Waals surface area contributed by atoms with Crippen LogP contribution in [0.25, 0.3) is 0 Å². The number of aryl methyl sites for hydroxylation is 1. The molecule has 1 unspecified atom stereocenters. The van der Waals surface area contributed by atoms with Gasteiger partial charge < -0.3 is 15.2 Å². The average Bonchev–Trinajstić information content (AvgIpc) is 3.08. The van der Waals surface area contributed by atoms with Gasteiger partial charge in [0.15, 0.2) is 0 Å². The van der Waals surface area contributed by atoms with Crippen LogP contribution in [0.5, 0.6) is 0 Å². The molecule has 7 nitrogen and oxygen atoms in total. The normalized spacial score (nSPS) is 17.7. The van der Waals surface area contributed by atoms with Gasteiger partial charge in [-0.1, -0.05) is 0 Å². The van der Waals surface area contributed by atoms with E-state index in [9.17, 15) is 0 Å². The highest BCUT2D eigenvalue weighted by atomic mass is 16.5. The Bertz CT molecular complexity index is 542. The minimum atomic E-state index is -0.417. The molecule has 0 saturated carbocycles. The van der Waals surface area contributed by atoms with Crippen molar-refractivity contribution in [2.75, 3.05) is 18.0 Å². The number of rotatable bonds is 3. The van der Waals surface area contributed by atoms with Crippen molar-refractivity contribution in [3.05, 3.63) is 23.8 Å². The van der Waals surface area contributed by atoms with Gasteiger partial charge in [-0.15, -0.1) is 0 Å². The van der Waals surface area contributed by atoms with Crippen molar-refractivity contribution in [1.29, 1.82) is 0 Å². The SMILES string of the molecule is Cn1cc(C(N)c2nc(N3CCCCC3)no2)cn1. The predicted octanol–water partition coefficient (Wildman–Crippen LogP) is 0.841. The molecule has 1 aliphatic rings. The summed E-state index contributed by atoms with van der Waals surface area (Å²) in [5.74, 6) is 1.09. The topological polar surface area (TPSA) is 86.0 Å². The monoisotopic (exact) mass is 262 g/mol. The van der Waals surface area contributed by atoms with E-state index in [0.717, 1.165) is 18.7 Å². The summed E-state index contributed by atoms with van der Waals surface area (Å²) in [6.45, 7) is 1.97. The van der Waals surface area contributed by atoms with Gasteiger partial charge in [-0.3, -0.25) is 4.68 Å². The summed E-state index contributed by atoms with van der Waals surface area (Å²) in [6.07, 6.45) is 7.21. The maximum absolute atomic E-state index is 6.10. The van der Waals surface area contributed by atoms with Crippen molar-refractivity contribution in [1.82, 2.24) is 19.9 Å². The summed E-state index contributed by atoms with van der Waals surface area (Å²) >= 11 is 0. The minimum absolute atomic E-state index is 0.417. The zero-order valence-corrected chi connectivity index (χ0v) is 11.0. The third-order valence-corrected chi connectivity index (χ3v) is 3.42. The second kappa shape index (κ2) is 5.00. The Morgan fingerprint density at radius 3 is 2.79 bits per heavy atom. The number of nitrogens with two attached hydrogens (primary N) is 1. The highest BCUT2D eigenvalue weighted by Gasteiger charge is 2.21. The van der Waals surface area contributed by atoms with Crippen molar-refractivity contribution >= 4 is 5.95 Å². The van der Waals surface area contributed by atoms with Gasteiger partial charge in [-0.2, -0.15) is 10.1 Å². The van der Waals surface area contributed by atoms with Gasteiger partial charge in [0.2, 0.25) is 5.89 Å². The van der Waals surface area contributed by atoms with Crippen LogP contribution in [0.3, 0.4) is 0 Å². The van der Waals surface area contributed by atoms with Crippen LogP contribution in [0.15, 0.2) is 16.9 Å². The fourth-order valence-electron chi connectivity index (χ4n) is 2.32. The molecule has 102 valence electrons. The lowest BCUT2D eigenvalue weighted by atomic mass is 10.1. The Labute approximate surface area is 111 Å². The summed E-state index contributed by atoms with van der Waals surface area (Å²) in [5.41, 5.74) is 6.98. The second-order valence-electron chi connectivity index (χ2n) is 4.91. The molecule has 3 rings (SSSR count). The van der Waals surface area contributed by atoms with E-state index in [1.165, 1.54) is 19.3 Å². The van der Waals surface area contributed by atoms with Crippen LogP contribution in [0.1, 0.15) is 36.8 Å². The quantitative estimate of drug-likeness (QED) is 0.882. The van der Waals surface area contributed by atoms with Gasteiger partial charge in [0.05, 0.1) is 6.20 Å². The zero-order valence-electron chi connectivity index (χ0n) is 11.0. The first-order chi connectivity index (χ1) is 9.24. The number of anilines is 1. The minimum Gasteiger partial charge on any atom is -0.338 e. The summed E-state index contributed by atoms with van der Waals surface area (Å²) in [6, 6.07) is -0.417. The lowest BCUT2D eigenvalue weighted by Gasteiger charge is -2.24. The third kappa shape index (κ3) is 2.46. The van der Waals surface area contributed by atoms with Crippen molar-refractivity contribution in [3.8, 4) is 0 Å².